The van der Waals surface area contributed by atoms with Crippen molar-refractivity contribution in [3.8, 4) is 0 Å². The molecule has 1 amide bonds. The fourth-order valence-corrected chi connectivity index (χ4v) is 2.80. The normalized spacial score (nSPS) is 10.3. The van der Waals surface area contributed by atoms with Crippen molar-refractivity contribution in [1.82, 2.24) is 0 Å². The van der Waals surface area contributed by atoms with E-state index in [0.717, 1.165) is 5.56 Å². The molecule has 136 valence electrons. The molecule has 0 fully saturated rings. The van der Waals surface area contributed by atoms with Gasteiger partial charge in [0.25, 0.3) is 0 Å². The van der Waals surface area contributed by atoms with Crippen LogP contribution in [0.3, 0.4) is 0 Å². The highest BCUT2D eigenvalue weighted by molar-refractivity contribution is 9.10. The van der Waals surface area contributed by atoms with Gasteiger partial charge in [-0.25, -0.2) is 9.18 Å². The van der Waals surface area contributed by atoms with E-state index in [0.29, 0.717) is 15.7 Å². The summed E-state index contributed by atoms with van der Waals surface area (Å²) in [6.45, 7) is 0.116. The van der Waals surface area contributed by atoms with Crippen LogP contribution in [0, 0.1) is 5.82 Å². The van der Waals surface area contributed by atoms with E-state index in [1.165, 1.54) is 24.3 Å². The predicted molar refractivity (Wildman–Crippen MR) is 104 cm³/mol. The highest BCUT2D eigenvalue weighted by Gasteiger charge is 2.16. The summed E-state index contributed by atoms with van der Waals surface area (Å²) in [5.74, 6) is -0.765. The van der Waals surface area contributed by atoms with Crippen LogP contribution in [0.2, 0.25) is 0 Å². The van der Waals surface area contributed by atoms with E-state index in [1.807, 2.05) is 30.3 Å². The van der Waals surface area contributed by atoms with Crippen LogP contribution < -0.4 is 5.32 Å². The maximum Gasteiger partial charge on any atom is 0.411 e. The van der Waals surface area contributed by atoms with Crippen LogP contribution in [-0.4, -0.2) is 11.9 Å². The number of ketones is 1. The molecule has 3 aromatic carbocycles. The average molecular weight is 428 g/mol. The number of hydrogen-bond acceptors (Lipinski definition) is 3. The van der Waals surface area contributed by atoms with Gasteiger partial charge in [0.15, 0.2) is 5.78 Å². The summed E-state index contributed by atoms with van der Waals surface area (Å²) < 4.78 is 19.0. The van der Waals surface area contributed by atoms with Crippen LogP contribution in [0.4, 0.5) is 14.9 Å². The third-order valence-electron chi connectivity index (χ3n) is 3.78. The Hall–Kier alpha value is -2.99. The Morgan fingerprint density at radius 1 is 0.963 bits per heavy atom. The van der Waals surface area contributed by atoms with Crippen molar-refractivity contribution < 1.29 is 18.7 Å². The molecule has 3 aromatic rings. The third kappa shape index (κ3) is 5.01. The predicted octanol–water partition coefficient (Wildman–Crippen LogP) is 5.57. The monoisotopic (exact) mass is 427 g/mol. The van der Waals surface area contributed by atoms with Crippen molar-refractivity contribution in [3.05, 3.63) is 99.8 Å². The first-order valence-electron chi connectivity index (χ1n) is 8.10. The zero-order valence-electron chi connectivity index (χ0n) is 14.1. The molecule has 1 N–H and O–H groups in total. The molecule has 0 radical (unpaired) electrons. The Morgan fingerprint density at radius 2 is 1.67 bits per heavy atom. The van der Waals surface area contributed by atoms with Crippen molar-refractivity contribution >= 4 is 33.5 Å². The van der Waals surface area contributed by atoms with Crippen molar-refractivity contribution in [2.75, 3.05) is 5.32 Å². The molecule has 0 bridgehead atoms. The molecule has 0 aromatic heterocycles. The van der Waals surface area contributed by atoms with Gasteiger partial charge in [0.1, 0.15) is 12.4 Å². The van der Waals surface area contributed by atoms with Crippen molar-refractivity contribution in [1.29, 1.82) is 0 Å². The van der Waals surface area contributed by atoms with Gasteiger partial charge in [-0.3, -0.25) is 10.1 Å². The number of carbonyl (C=O) groups excluding carboxylic acids is 2. The van der Waals surface area contributed by atoms with E-state index in [4.69, 9.17) is 4.74 Å². The van der Waals surface area contributed by atoms with Crippen LogP contribution in [0.15, 0.2) is 77.3 Å². The van der Waals surface area contributed by atoms with Gasteiger partial charge in [0, 0.05) is 15.6 Å². The van der Waals surface area contributed by atoms with E-state index >= 15 is 0 Å². The van der Waals surface area contributed by atoms with E-state index in [9.17, 15) is 14.0 Å². The standard InChI is InChI=1S/C21H15BrFNO3/c22-16-8-11-19(24-21(26)27-13-14-4-2-1-3-5-14)18(12-16)20(25)15-6-9-17(23)10-7-15/h1-12H,13H2,(H,24,26). The molecule has 27 heavy (non-hydrogen) atoms. The molecular weight excluding hydrogens is 413 g/mol. The van der Waals surface area contributed by atoms with Crippen LogP contribution in [-0.2, 0) is 11.3 Å². The van der Waals surface area contributed by atoms with Gasteiger partial charge >= 0.3 is 6.09 Å². The Kier molecular flexibility index (Phi) is 5.98. The first kappa shape index (κ1) is 18.8. The summed E-state index contributed by atoms with van der Waals surface area (Å²) >= 11 is 3.32. The second kappa shape index (κ2) is 8.60. The van der Waals surface area contributed by atoms with Gasteiger partial charge in [0.2, 0.25) is 0 Å². The summed E-state index contributed by atoms with van der Waals surface area (Å²) in [5, 5.41) is 2.59. The largest absolute Gasteiger partial charge is 0.444 e. The second-order valence-electron chi connectivity index (χ2n) is 5.71. The lowest BCUT2D eigenvalue weighted by Crippen LogP contribution is -2.16. The molecule has 6 heteroatoms. The minimum Gasteiger partial charge on any atom is -0.444 e. The fraction of sp³-hybridized carbons (Fsp3) is 0.0476. The van der Waals surface area contributed by atoms with Crippen LogP contribution in [0.25, 0.3) is 0 Å². The topological polar surface area (TPSA) is 55.4 Å². The molecule has 4 nitrogen and oxygen atoms in total. The number of rotatable bonds is 5. The molecule has 0 saturated heterocycles. The van der Waals surface area contributed by atoms with Crippen molar-refractivity contribution in [2.45, 2.75) is 6.61 Å². The highest BCUT2D eigenvalue weighted by atomic mass is 79.9. The number of anilines is 1. The molecule has 0 unspecified atom stereocenters. The molecule has 3 rings (SSSR count). The van der Waals surface area contributed by atoms with Crippen molar-refractivity contribution in [2.24, 2.45) is 0 Å². The van der Waals surface area contributed by atoms with E-state index < -0.39 is 11.9 Å². The van der Waals surface area contributed by atoms with E-state index in [1.54, 1.807) is 18.2 Å². The van der Waals surface area contributed by atoms with Crippen LogP contribution in [0.1, 0.15) is 21.5 Å². The average Bonchev–Trinajstić information content (AvgIpc) is 2.68. The zero-order chi connectivity index (χ0) is 19.2. The van der Waals surface area contributed by atoms with Crippen molar-refractivity contribution in [3.63, 3.8) is 0 Å². The molecule has 0 spiro atoms. The molecule has 0 atom stereocenters. The minimum absolute atomic E-state index is 0.116. The second-order valence-corrected chi connectivity index (χ2v) is 6.63. The number of carbonyl (C=O) groups is 2. The van der Waals surface area contributed by atoms with Crippen LogP contribution in [0.5, 0.6) is 0 Å². The van der Waals surface area contributed by atoms with Gasteiger partial charge in [0.05, 0.1) is 5.69 Å². The fourth-order valence-electron chi connectivity index (χ4n) is 2.44. The van der Waals surface area contributed by atoms with E-state index in [-0.39, 0.29) is 18.0 Å². The first-order chi connectivity index (χ1) is 13.0. The van der Waals surface area contributed by atoms with Gasteiger partial charge in [-0.05, 0) is 48.0 Å². The SMILES string of the molecule is O=C(Nc1ccc(Br)cc1C(=O)c1ccc(F)cc1)OCc1ccccc1. The number of ether oxygens (including phenoxy) is 1. The summed E-state index contributed by atoms with van der Waals surface area (Å²) in [4.78, 5) is 24.9. The van der Waals surface area contributed by atoms with Gasteiger partial charge in [-0.1, -0.05) is 46.3 Å². The molecule has 0 aliphatic heterocycles. The lowest BCUT2D eigenvalue weighted by molar-refractivity contribution is 0.103. The zero-order valence-corrected chi connectivity index (χ0v) is 15.7. The van der Waals surface area contributed by atoms with Gasteiger partial charge in [-0.2, -0.15) is 0 Å². The molecule has 0 saturated carbocycles. The van der Waals surface area contributed by atoms with Gasteiger partial charge in [-0.15, -0.1) is 0 Å². The number of hydrogen-bond donors (Lipinski definition) is 1. The lowest BCUT2D eigenvalue weighted by Gasteiger charge is -2.12. The summed E-state index contributed by atoms with van der Waals surface area (Å²) in [6, 6.07) is 19.4. The highest BCUT2D eigenvalue weighted by Crippen LogP contribution is 2.24. The number of amides is 1. The quantitative estimate of drug-likeness (QED) is 0.541. The Morgan fingerprint density at radius 3 is 2.37 bits per heavy atom. The first-order valence-corrected chi connectivity index (χ1v) is 8.90. The Balaban J connectivity index is 1.76. The Labute approximate surface area is 164 Å². The van der Waals surface area contributed by atoms with E-state index in [2.05, 4.69) is 21.2 Å². The molecular formula is C21H15BrFNO3. The van der Waals surface area contributed by atoms with Gasteiger partial charge < -0.3 is 4.74 Å². The number of benzene rings is 3. The summed E-state index contributed by atoms with van der Waals surface area (Å²) in [6.07, 6.45) is -0.672. The molecule has 0 heterocycles. The summed E-state index contributed by atoms with van der Waals surface area (Å²) in [5.41, 5.74) is 1.75. The Bertz CT molecular complexity index is 959. The van der Waals surface area contributed by atoms with Crippen LogP contribution >= 0.6 is 15.9 Å². The molecule has 0 aliphatic rings. The third-order valence-corrected chi connectivity index (χ3v) is 4.28. The summed E-state index contributed by atoms with van der Waals surface area (Å²) in [7, 11) is 0. The maximum absolute atomic E-state index is 13.1. The number of halogens is 2. The number of nitrogens with one attached hydrogen (secondary N) is 1. The lowest BCUT2D eigenvalue weighted by atomic mass is 10.0. The maximum atomic E-state index is 13.1. The minimum atomic E-state index is -0.672. The smallest absolute Gasteiger partial charge is 0.411 e. The molecule has 0 aliphatic carbocycles.